The van der Waals surface area contributed by atoms with Crippen molar-refractivity contribution < 1.29 is 9.53 Å². The Kier molecular flexibility index (Phi) is 5.01. The molecule has 1 amide bonds. The summed E-state index contributed by atoms with van der Waals surface area (Å²) < 4.78 is 5.01. The third kappa shape index (κ3) is 4.10. The van der Waals surface area contributed by atoms with E-state index in [4.69, 9.17) is 4.74 Å². The zero-order chi connectivity index (χ0) is 14.7. The molecule has 5 nitrogen and oxygen atoms in total. The molecule has 5 heteroatoms. The summed E-state index contributed by atoms with van der Waals surface area (Å²) in [6.07, 6.45) is 7.46. The standard InChI is InChI=1S/C16H29N3O2/c1-2-21-16(20)18-15(12-5-6-12)11-17-13-7-9-19-8-3-4-14(19)10-13/h12-15,17H,2-11H2,1H3,(H,18,20)/t13-,14+,15-/m1/s1. The first-order valence-electron chi connectivity index (χ1n) is 8.67. The van der Waals surface area contributed by atoms with E-state index in [0.29, 0.717) is 18.6 Å². The molecule has 0 aromatic carbocycles. The number of alkyl carbamates (subject to hydrolysis) is 1. The molecule has 0 bridgehead atoms. The lowest BCUT2D eigenvalue weighted by atomic mass is 9.97. The van der Waals surface area contributed by atoms with E-state index < -0.39 is 0 Å². The summed E-state index contributed by atoms with van der Waals surface area (Å²) in [4.78, 5) is 14.3. The van der Waals surface area contributed by atoms with E-state index in [1.54, 1.807) is 0 Å². The Hall–Kier alpha value is -0.810. The van der Waals surface area contributed by atoms with Crippen LogP contribution in [0.3, 0.4) is 0 Å². The van der Waals surface area contributed by atoms with Crippen LogP contribution in [0.2, 0.25) is 0 Å². The number of hydrogen-bond donors (Lipinski definition) is 2. The Labute approximate surface area is 127 Å². The van der Waals surface area contributed by atoms with Gasteiger partial charge in [-0.15, -0.1) is 0 Å². The number of nitrogens with zero attached hydrogens (tertiary/aromatic N) is 1. The number of carbonyl (C=O) groups is 1. The number of fused-ring (bicyclic) bond motifs is 1. The van der Waals surface area contributed by atoms with Gasteiger partial charge >= 0.3 is 6.09 Å². The fraction of sp³-hybridized carbons (Fsp3) is 0.938. The first kappa shape index (κ1) is 15.1. The van der Waals surface area contributed by atoms with E-state index in [1.165, 1.54) is 51.6 Å². The third-order valence-corrected chi connectivity index (χ3v) is 5.22. The molecule has 2 aliphatic heterocycles. The van der Waals surface area contributed by atoms with Gasteiger partial charge in [0.1, 0.15) is 0 Å². The predicted octanol–water partition coefficient (Wildman–Crippen LogP) is 1.73. The zero-order valence-electron chi connectivity index (χ0n) is 13.1. The Balaban J connectivity index is 1.42. The Morgan fingerprint density at radius 1 is 1.29 bits per heavy atom. The minimum absolute atomic E-state index is 0.241. The van der Waals surface area contributed by atoms with Crippen molar-refractivity contribution in [3.8, 4) is 0 Å². The second kappa shape index (κ2) is 6.97. The van der Waals surface area contributed by atoms with Crippen LogP contribution < -0.4 is 10.6 Å². The highest BCUT2D eigenvalue weighted by atomic mass is 16.5. The molecule has 1 saturated carbocycles. The van der Waals surface area contributed by atoms with Crippen molar-refractivity contribution >= 4 is 6.09 Å². The first-order valence-corrected chi connectivity index (χ1v) is 8.67. The van der Waals surface area contributed by atoms with Crippen molar-refractivity contribution in [2.45, 2.75) is 63.6 Å². The Morgan fingerprint density at radius 3 is 2.90 bits per heavy atom. The van der Waals surface area contributed by atoms with Crippen molar-refractivity contribution in [2.24, 2.45) is 5.92 Å². The van der Waals surface area contributed by atoms with Crippen LogP contribution in [0.1, 0.15) is 45.4 Å². The lowest BCUT2D eigenvalue weighted by molar-refractivity contribution is 0.143. The van der Waals surface area contributed by atoms with Gasteiger partial charge < -0.3 is 20.3 Å². The molecule has 3 fully saturated rings. The summed E-state index contributed by atoms with van der Waals surface area (Å²) in [5.74, 6) is 0.647. The maximum absolute atomic E-state index is 11.6. The van der Waals surface area contributed by atoms with Crippen LogP contribution in [0.5, 0.6) is 0 Å². The van der Waals surface area contributed by atoms with Gasteiger partial charge in [-0.25, -0.2) is 4.79 Å². The number of hydrogen-bond acceptors (Lipinski definition) is 4. The van der Waals surface area contributed by atoms with Gasteiger partial charge in [-0.2, -0.15) is 0 Å². The molecule has 2 saturated heterocycles. The van der Waals surface area contributed by atoms with Gasteiger partial charge in [-0.3, -0.25) is 0 Å². The van der Waals surface area contributed by atoms with Crippen molar-refractivity contribution in [1.82, 2.24) is 15.5 Å². The van der Waals surface area contributed by atoms with Crippen molar-refractivity contribution in [3.63, 3.8) is 0 Å². The van der Waals surface area contributed by atoms with Crippen molar-refractivity contribution in [2.75, 3.05) is 26.2 Å². The molecule has 0 spiro atoms. The maximum Gasteiger partial charge on any atom is 0.407 e. The highest BCUT2D eigenvalue weighted by molar-refractivity contribution is 5.67. The van der Waals surface area contributed by atoms with Crippen LogP contribution >= 0.6 is 0 Å². The van der Waals surface area contributed by atoms with E-state index in [-0.39, 0.29) is 12.1 Å². The lowest BCUT2D eigenvalue weighted by Crippen LogP contribution is -2.50. The number of nitrogens with one attached hydrogen (secondary N) is 2. The average molecular weight is 295 g/mol. The fourth-order valence-corrected chi connectivity index (χ4v) is 3.86. The number of rotatable bonds is 6. The van der Waals surface area contributed by atoms with E-state index in [2.05, 4.69) is 15.5 Å². The Bertz CT molecular complexity index is 359. The molecule has 2 heterocycles. The van der Waals surface area contributed by atoms with Crippen molar-refractivity contribution in [1.29, 1.82) is 0 Å². The van der Waals surface area contributed by atoms with Gasteiger partial charge in [0.15, 0.2) is 0 Å². The topological polar surface area (TPSA) is 53.6 Å². The van der Waals surface area contributed by atoms with E-state index in [0.717, 1.165) is 12.6 Å². The largest absolute Gasteiger partial charge is 0.450 e. The summed E-state index contributed by atoms with van der Waals surface area (Å²) in [6.45, 7) is 5.71. The van der Waals surface area contributed by atoms with Gasteiger partial charge in [-0.05, 0) is 64.5 Å². The second-order valence-corrected chi connectivity index (χ2v) is 6.77. The molecule has 3 aliphatic rings. The molecule has 21 heavy (non-hydrogen) atoms. The number of ether oxygens (including phenoxy) is 1. The number of carbonyl (C=O) groups excluding carboxylic acids is 1. The monoisotopic (exact) mass is 295 g/mol. The van der Waals surface area contributed by atoms with Crippen LogP contribution in [-0.2, 0) is 4.74 Å². The predicted molar refractivity (Wildman–Crippen MR) is 82.3 cm³/mol. The van der Waals surface area contributed by atoms with E-state index in [1.807, 2.05) is 6.92 Å². The van der Waals surface area contributed by atoms with Gasteiger partial charge in [0, 0.05) is 24.7 Å². The molecule has 120 valence electrons. The summed E-state index contributed by atoms with van der Waals surface area (Å²) in [7, 11) is 0. The van der Waals surface area contributed by atoms with E-state index >= 15 is 0 Å². The van der Waals surface area contributed by atoms with Gasteiger partial charge in [0.05, 0.1) is 6.61 Å². The quantitative estimate of drug-likeness (QED) is 0.783. The summed E-state index contributed by atoms with van der Waals surface area (Å²) >= 11 is 0. The van der Waals surface area contributed by atoms with Crippen LogP contribution in [0, 0.1) is 5.92 Å². The number of piperidine rings is 1. The highest BCUT2D eigenvalue weighted by Gasteiger charge is 2.35. The van der Waals surface area contributed by atoms with Crippen LogP contribution in [-0.4, -0.2) is 55.4 Å². The molecule has 3 atom stereocenters. The van der Waals surface area contributed by atoms with Crippen LogP contribution in [0.25, 0.3) is 0 Å². The molecular formula is C16H29N3O2. The fourth-order valence-electron chi connectivity index (χ4n) is 3.86. The normalized spacial score (nSPS) is 30.7. The average Bonchev–Trinajstić information content (AvgIpc) is 3.21. The molecule has 0 aromatic heterocycles. The zero-order valence-corrected chi connectivity index (χ0v) is 13.1. The highest BCUT2D eigenvalue weighted by Crippen LogP contribution is 2.33. The molecule has 2 N–H and O–H groups in total. The molecular weight excluding hydrogens is 266 g/mol. The molecule has 0 unspecified atom stereocenters. The van der Waals surface area contributed by atoms with Crippen LogP contribution in [0.4, 0.5) is 4.79 Å². The number of amides is 1. The van der Waals surface area contributed by atoms with Gasteiger partial charge in [0.2, 0.25) is 0 Å². The van der Waals surface area contributed by atoms with E-state index in [9.17, 15) is 4.79 Å². The molecule has 0 aromatic rings. The third-order valence-electron chi connectivity index (χ3n) is 5.22. The van der Waals surface area contributed by atoms with Crippen molar-refractivity contribution in [3.05, 3.63) is 0 Å². The maximum atomic E-state index is 11.6. The van der Waals surface area contributed by atoms with Crippen LogP contribution in [0.15, 0.2) is 0 Å². The minimum atomic E-state index is -0.262. The molecule has 0 radical (unpaired) electrons. The molecule has 1 aliphatic carbocycles. The smallest absolute Gasteiger partial charge is 0.407 e. The van der Waals surface area contributed by atoms with Gasteiger partial charge in [-0.1, -0.05) is 0 Å². The molecule has 3 rings (SSSR count). The first-order chi connectivity index (χ1) is 10.3. The van der Waals surface area contributed by atoms with Gasteiger partial charge in [0.25, 0.3) is 0 Å². The lowest BCUT2D eigenvalue weighted by Gasteiger charge is -2.36. The Morgan fingerprint density at radius 2 is 2.14 bits per heavy atom. The minimum Gasteiger partial charge on any atom is -0.450 e. The second-order valence-electron chi connectivity index (χ2n) is 6.77. The summed E-state index contributed by atoms with van der Waals surface area (Å²) in [6, 6.07) is 1.66. The summed E-state index contributed by atoms with van der Waals surface area (Å²) in [5.41, 5.74) is 0. The SMILES string of the molecule is CCOC(=O)N[C@H](CN[C@@H]1CCN2CCC[C@H]2C1)C1CC1. The summed E-state index contributed by atoms with van der Waals surface area (Å²) in [5, 5.41) is 6.74.